The van der Waals surface area contributed by atoms with Crippen molar-refractivity contribution in [3.63, 3.8) is 0 Å². The molecule has 0 saturated heterocycles. The van der Waals surface area contributed by atoms with Gasteiger partial charge in [-0.1, -0.05) is 12.1 Å². The van der Waals surface area contributed by atoms with Crippen LogP contribution in [0, 0.1) is 0 Å². The van der Waals surface area contributed by atoms with E-state index in [1.165, 1.54) is 19.1 Å². The van der Waals surface area contributed by atoms with Crippen LogP contribution in [0.1, 0.15) is 19.4 Å². The summed E-state index contributed by atoms with van der Waals surface area (Å²) in [6, 6.07) is 4.59. The fourth-order valence-electron chi connectivity index (χ4n) is 2.90. The van der Waals surface area contributed by atoms with Crippen molar-refractivity contribution in [1.82, 2.24) is 16.0 Å². The molecule has 0 aliphatic carbocycles. The fourth-order valence-corrected chi connectivity index (χ4v) is 2.90. The Kier molecular flexibility index (Phi) is 17.3. The van der Waals surface area contributed by atoms with Crippen LogP contribution in [0.2, 0.25) is 0 Å². The van der Waals surface area contributed by atoms with Gasteiger partial charge in [0, 0.05) is 19.5 Å². The van der Waals surface area contributed by atoms with Crippen LogP contribution in [-0.4, -0.2) is 107 Å². The Hall–Kier alpha value is -3.10. The number of benzene rings is 1. The van der Waals surface area contributed by atoms with Gasteiger partial charge in [0.05, 0.1) is 45.7 Å². The number of rotatable bonds is 21. The second-order valence-corrected chi connectivity index (χ2v) is 8.30. The van der Waals surface area contributed by atoms with E-state index < -0.39 is 23.9 Å². The minimum absolute atomic E-state index is 0.0797. The van der Waals surface area contributed by atoms with Gasteiger partial charge in [-0.05, 0) is 31.5 Å². The maximum absolute atomic E-state index is 12.7. The van der Waals surface area contributed by atoms with E-state index in [9.17, 15) is 24.3 Å². The van der Waals surface area contributed by atoms with E-state index in [1.54, 1.807) is 19.1 Å². The summed E-state index contributed by atoms with van der Waals surface area (Å²) in [7, 11) is 0. The van der Waals surface area contributed by atoms with Crippen LogP contribution in [0.15, 0.2) is 24.3 Å². The summed E-state index contributed by atoms with van der Waals surface area (Å²) < 4.78 is 20.9. The van der Waals surface area contributed by atoms with E-state index in [1.807, 2.05) is 0 Å². The summed E-state index contributed by atoms with van der Waals surface area (Å²) >= 11 is 0. The van der Waals surface area contributed by atoms with Gasteiger partial charge in [0.2, 0.25) is 17.7 Å². The van der Waals surface area contributed by atoms with Crippen molar-refractivity contribution >= 4 is 23.5 Å². The molecular weight excluding hydrogens is 500 g/mol. The quantitative estimate of drug-likeness (QED) is 0.117. The van der Waals surface area contributed by atoms with Crippen LogP contribution in [0.3, 0.4) is 0 Å². The summed E-state index contributed by atoms with van der Waals surface area (Å²) in [6.45, 7) is 4.97. The topological polar surface area (TPSA) is 188 Å². The molecule has 3 amide bonds. The molecule has 0 radical (unpaired) electrons. The average molecular weight is 541 g/mol. The summed E-state index contributed by atoms with van der Waals surface area (Å²) in [5, 5.41) is 17.3. The highest BCUT2D eigenvalue weighted by molar-refractivity contribution is 5.92. The number of ether oxygens (including phenoxy) is 4. The second-order valence-electron chi connectivity index (χ2n) is 8.30. The fraction of sp³-hybridized carbons (Fsp3) is 0.600. The average Bonchev–Trinajstić information content (AvgIpc) is 2.88. The number of ketones is 1. The maximum atomic E-state index is 12.7. The highest BCUT2D eigenvalue weighted by Crippen LogP contribution is 2.11. The molecule has 13 nitrogen and oxygen atoms in total. The third-order valence-corrected chi connectivity index (χ3v) is 5.04. The number of hydrogen-bond donors (Lipinski definition) is 5. The molecule has 0 bridgehead atoms. The lowest BCUT2D eigenvalue weighted by Crippen LogP contribution is -2.52. The van der Waals surface area contributed by atoms with Crippen molar-refractivity contribution in [3.8, 4) is 5.75 Å². The normalized spacial score (nSPS) is 12.4. The minimum atomic E-state index is -0.945. The third kappa shape index (κ3) is 15.9. The molecule has 0 saturated carbocycles. The molecule has 0 spiro atoms. The van der Waals surface area contributed by atoms with Gasteiger partial charge in [0.1, 0.15) is 25.0 Å². The SMILES string of the molecule is CC(=O)[C@@H](C)NC(=O)[C@H](Cc1ccc(O)cc1)NC(=O)COCCOCCNC(=O)COCCOCCN. The van der Waals surface area contributed by atoms with Crippen LogP contribution in [-0.2, 0) is 44.5 Å². The monoisotopic (exact) mass is 540 g/mol. The number of phenols is 1. The Morgan fingerprint density at radius 2 is 1.42 bits per heavy atom. The molecule has 1 aromatic rings. The van der Waals surface area contributed by atoms with Gasteiger partial charge >= 0.3 is 0 Å². The lowest BCUT2D eigenvalue weighted by Gasteiger charge is -2.20. The first-order valence-corrected chi connectivity index (χ1v) is 12.4. The smallest absolute Gasteiger partial charge is 0.246 e. The third-order valence-electron chi connectivity index (χ3n) is 5.04. The Labute approximate surface area is 222 Å². The molecule has 0 unspecified atom stereocenters. The molecule has 0 aromatic heterocycles. The number of nitrogens with two attached hydrogens (primary N) is 1. The van der Waals surface area contributed by atoms with Crippen molar-refractivity contribution in [2.75, 3.05) is 65.9 Å². The molecule has 0 aliphatic rings. The zero-order valence-corrected chi connectivity index (χ0v) is 22.0. The van der Waals surface area contributed by atoms with Gasteiger partial charge in [-0.15, -0.1) is 0 Å². The molecule has 214 valence electrons. The van der Waals surface area contributed by atoms with Crippen LogP contribution >= 0.6 is 0 Å². The Morgan fingerprint density at radius 1 is 0.842 bits per heavy atom. The van der Waals surface area contributed by atoms with E-state index in [4.69, 9.17) is 24.7 Å². The van der Waals surface area contributed by atoms with Gasteiger partial charge in [-0.3, -0.25) is 19.2 Å². The molecule has 2 atom stereocenters. The van der Waals surface area contributed by atoms with Gasteiger partial charge < -0.3 is 45.7 Å². The molecule has 1 aromatic carbocycles. The second kappa shape index (κ2) is 19.9. The first-order valence-electron chi connectivity index (χ1n) is 12.4. The lowest BCUT2D eigenvalue weighted by atomic mass is 10.0. The van der Waals surface area contributed by atoms with Gasteiger partial charge in [0.15, 0.2) is 5.78 Å². The van der Waals surface area contributed by atoms with Gasteiger partial charge in [0.25, 0.3) is 0 Å². The molecule has 1 rings (SSSR count). The molecule has 0 heterocycles. The van der Waals surface area contributed by atoms with Crippen molar-refractivity contribution in [3.05, 3.63) is 29.8 Å². The zero-order valence-electron chi connectivity index (χ0n) is 22.0. The number of hydrogen-bond acceptors (Lipinski definition) is 10. The van der Waals surface area contributed by atoms with E-state index >= 15 is 0 Å². The summed E-state index contributed by atoms with van der Waals surface area (Å²) in [5.41, 5.74) is 6.00. The van der Waals surface area contributed by atoms with Crippen molar-refractivity contribution in [1.29, 1.82) is 0 Å². The molecule has 13 heteroatoms. The predicted octanol–water partition coefficient (Wildman–Crippen LogP) is -1.35. The zero-order chi connectivity index (χ0) is 28.2. The summed E-state index contributed by atoms with van der Waals surface area (Å²) in [5.74, 6) is -1.43. The Morgan fingerprint density at radius 3 is 2.03 bits per heavy atom. The number of nitrogens with one attached hydrogen (secondary N) is 3. The highest BCUT2D eigenvalue weighted by atomic mass is 16.5. The number of amides is 3. The molecule has 6 N–H and O–H groups in total. The first-order chi connectivity index (χ1) is 18.2. The maximum Gasteiger partial charge on any atom is 0.246 e. The number of Topliss-reactive ketones (excluding diaryl/α,β-unsaturated/α-hetero) is 1. The van der Waals surface area contributed by atoms with E-state index in [0.717, 1.165) is 0 Å². The largest absolute Gasteiger partial charge is 0.508 e. The minimum Gasteiger partial charge on any atom is -0.508 e. The Balaban J connectivity index is 2.27. The van der Waals surface area contributed by atoms with E-state index in [-0.39, 0.29) is 56.9 Å². The van der Waals surface area contributed by atoms with Crippen LogP contribution in [0.4, 0.5) is 0 Å². The standard InChI is InChI=1S/C25H40N4O9/c1-18(19(2)30)28-25(34)22(15-20-3-5-21(31)6-4-20)29-24(33)17-38-14-12-36-10-8-27-23(32)16-37-13-11-35-9-7-26/h3-6,18,22,31H,7-17,26H2,1-2H3,(H,27,32)(H,28,34)(H,29,33)/t18-,22+/m1/s1. The molecule has 0 fully saturated rings. The summed E-state index contributed by atoms with van der Waals surface area (Å²) in [6.07, 6.45) is 0.157. The predicted molar refractivity (Wildman–Crippen MR) is 137 cm³/mol. The van der Waals surface area contributed by atoms with E-state index in [2.05, 4.69) is 16.0 Å². The number of phenolic OH excluding ortho intramolecular Hbond substituents is 1. The first kappa shape index (κ1) is 32.9. The van der Waals surface area contributed by atoms with Gasteiger partial charge in [-0.2, -0.15) is 0 Å². The number of carbonyl (C=O) groups excluding carboxylic acids is 4. The molecule has 0 aliphatic heterocycles. The van der Waals surface area contributed by atoms with Gasteiger partial charge in [-0.25, -0.2) is 0 Å². The van der Waals surface area contributed by atoms with Crippen LogP contribution in [0.5, 0.6) is 5.75 Å². The lowest BCUT2D eigenvalue weighted by molar-refractivity contribution is -0.133. The number of carbonyl (C=O) groups is 4. The van der Waals surface area contributed by atoms with Crippen LogP contribution < -0.4 is 21.7 Å². The molecule has 38 heavy (non-hydrogen) atoms. The highest BCUT2D eigenvalue weighted by Gasteiger charge is 2.23. The van der Waals surface area contributed by atoms with Crippen molar-refractivity contribution in [2.45, 2.75) is 32.4 Å². The van der Waals surface area contributed by atoms with E-state index in [0.29, 0.717) is 38.5 Å². The van der Waals surface area contributed by atoms with Crippen molar-refractivity contribution in [2.24, 2.45) is 5.73 Å². The van der Waals surface area contributed by atoms with Crippen LogP contribution in [0.25, 0.3) is 0 Å². The number of aromatic hydroxyl groups is 1. The molecular formula is C25H40N4O9. The van der Waals surface area contributed by atoms with Crippen molar-refractivity contribution < 1.29 is 43.2 Å². The Bertz CT molecular complexity index is 852. The summed E-state index contributed by atoms with van der Waals surface area (Å²) in [4.78, 5) is 48.2.